The number of nitrogens with zero attached hydrogens (tertiary/aromatic N) is 1. The van der Waals surface area contributed by atoms with Crippen LogP contribution in [0, 0.1) is 0 Å². The van der Waals surface area contributed by atoms with Crippen LogP contribution in [-0.2, 0) is 10.6 Å². The van der Waals surface area contributed by atoms with Gasteiger partial charge in [0.2, 0.25) is 0 Å². The largest absolute Gasteiger partial charge is 0.495 e. The number of hydrogen-bond donors (Lipinski definition) is 0. The number of rotatable bonds is 4. The molecular formula is C15H14ClNO3. The predicted molar refractivity (Wildman–Crippen MR) is 77.1 cm³/mol. The average Bonchev–Trinajstić information content (AvgIpc) is 2.53. The summed E-state index contributed by atoms with van der Waals surface area (Å²) in [6.45, 7) is 0. The van der Waals surface area contributed by atoms with E-state index in [9.17, 15) is 4.79 Å². The molecule has 0 unspecified atom stereocenters. The van der Waals surface area contributed by atoms with Gasteiger partial charge in [-0.05, 0) is 23.8 Å². The maximum Gasteiger partial charge on any atom is 0.341 e. The van der Waals surface area contributed by atoms with E-state index in [4.69, 9.17) is 21.1 Å². The van der Waals surface area contributed by atoms with E-state index in [-0.39, 0.29) is 0 Å². The van der Waals surface area contributed by atoms with Crippen molar-refractivity contribution in [3.63, 3.8) is 0 Å². The molecule has 4 nitrogen and oxygen atoms in total. The van der Waals surface area contributed by atoms with Crippen LogP contribution in [0.3, 0.4) is 0 Å². The van der Waals surface area contributed by atoms with E-state index in [1.54, 1.807) is 18.3 Å². The third kappa shape index (κ3) is 2.75. The molecule has 0 radical (unpaired) electrons. The summed E-state index contributed by atoms with van der Waals surface area (Å²) >= 11 is 5.74. The molecule has 104 valence electrons. The highest BCUT2D eigenvalue weighted by atomic mass is 35.5. The normalized spacial score (nSPS) is 10.2. The molecule has 2 rings (SSSR count). The Morgan fingerprint density at radius 1 is 1.25 bits per heavy atom. The molecule has 0 spiro atoms. The van der Waals surface area contributed by atoms with Gasteiger partial charge >= 0.3 is 5.97 Å². The SMILES string of the molecule is COC(=O)c1cccc(-c2ccc(CCl)cn2)c1OC. The van der Waals surface area contributed by atoms with Gasteiger partial charge in [0.25, 0.3) is 0 Å². The first-order valence-electron chi connectivity index (χ1n) is 5.97. The topological polar surface area (TPSA) is 48.4 Å². The molecule has 0 amide bonds. The molecule has 1 aromatic carbocycles. The van der Waals surface area contributed by atoms with Crippen molar-refractivity contribution in [3.8, 4) is 17.0 Å². The molecule has 0 N–H and O–H groups in total. The number of hydrogen-bond acceptors (Lipinski definition) is 4. The fourth-order valence-corrected chi connectivity index (χ4v) is 2.05. The highest BCUT2D eigenvalue weighted by Gasteiger charge is 2.17. The van der Waals surface area contributed by atoms with Crippen LogP contribution in [0.15, 0.2) is 36.5 Å². The number of carbonyl (C=O) groups is 1. The Morgan fingerprint density at radius 3 is 2.60 bits per heavy atom. The quantitative estimate of drug-likeness (QED) is 0.641. The lowest BCUT2D eigenvalue weighted by Crippen LogP contribution is -2.05. The van der Waals surface area contributed by atoms with Gasteiger partial charge in [-0.3, -0.25) is 4.98 Å². The molecular weight excluding hydrogens is 278 g/mol. The molecule has 20 heavy (non-hydrogen) atoms. The molecule has 1 aromatic heterocycles. The zero-order valence-electron chi connectivity index (χ0n) is 11.2. The molecule has 0 aliphatic heterocycles. The minimum atomic E-state index is -0.443. The molecule has 2 aromatic rings. The summed E-state index contributed by atoms with van der Waals surface area (Å²) in [5.41, 5.74) is 2.74. The van der Waals surface area contributed by atoms with Gasteiger partial charge in [-0.2, -0.15) is 0 Å². The highest BCUT2D eigenvalue weighted by Crippen LogP contribution is 2.32. The number of esters is 1. The van der Waals surface area contributed by atoms with Gasteiger partial charge in [-0.1, -0.05) is 12.1 Å². The predicted octanol–water partition coefficient (Wildman–Crippen LogP) is 3.28. The van der Waals surface area contributed by atoms with Crippen molar-refractivity contribution >= 4 is 17.6 Å². The lowest BCUT2D eigenvalue weighted by atomic mass is 10.0. The second-order valence-electron chi connectivity index (χ2n) is 4.06. The zero-order valence-corrected chi connectivity index (χ0v) is 12.0. The Kier molecular flexibility index (Phi) is 4.58. The molecule has 5 heteroatoms. The van der Waals surface area contributed by atoms with E-state index >= 15 is 0 Å². The number of methoxy groups -OCH3 is 2. The summed E-state index contributed by atoms with van der Waals surface area (Å²) in [7, 11) is 2.85. The molecule has 0 saturated carbocycles. The second-order valence-corrected chi connectivity index (χ2v) is 4.33. The Bertz CT molecular complexity index is 611. The van der Waals surface area contributed by atoms with Crippen LogP contribution < -0.4 is 4.74 Å². The van der Waals surface area contributed by atoms with Gasteiger partial charge in [-0.25, -0.2) is 4.79 Å². The lowest BCUT2D eigenvalue weighted by Gasteiger charge is -2.12. The molecule has 0 saturated heterocycles. The van der Waals surface area contributed by atoms with Crippen molar-refractivity contribution in [2.45, 2.75) is 5.88 Å². The number of aromatic nitrogens is 1. The van der Waals surface area contributed by atoms with E-state index in [1.807, 2.05) is 18.2 Å². The number of pyridine rings is 1. The van der Waals surface area contributed by atoms with Crippen LogP contribution in [0.2, 0.25) is 0 Å². The van der Waals surface area contributed by atoms with Crippen molar-refractivity contribution in [1.29, 1.82) is 0 Å². The minimum absolute atomic E-state index is 0.371. The first-order chi connectivity index (χ1) is 9.71. The fourth-order valence-electron chi connectivity index (χ4n) is 1.89. The first-order valence-corrected chi connectivity index (χ1v) is 6.51. The summed E-state index contributed by atoms with van der Waals surface area (Å²) in [5.74, 6) is 0.415. The highest BCUT2D eigenvalue weighted by molar-refractivity contribution is 6.17. The molecule has 0 fully saturated rings. The van der Waals surface area contributed by atoms with E-state index < -0.39 is 5.97 Å². The number of para-hydroxylation sites is 1. The molecule has 0 aliphatic rings. The summed E-state index contributed by atoms with van der Waals surface area (Å²) in [6.07, 6.45) is 1.70. The number of alkyl halides is 1. The van der Waals surface area contributed by atoms with Gasteiger partial charge in [0.15, 0.2) is 0 Å². The summed E-state index contributed by atoms with van der Waals surface area (Å²) in [6, 6.07) is 8.99. The Hall–Kier alpha value is -2.07. The van der Waals surface area contributed by atoms with E-state index in [0.29, 0.717) is 22.9 Å². The van der Waals surface area contributed by atoms with E-state index in [2.05, 4.69) is 4.98 Å². The maximum atomic E-state index is 11.7. The first kappa shape index (κ1) is 14.3. The van der Waals surface area contributed by atoms with Crippen molar-refractivity contribution in [2.75, 3.05) is 14.2 Å². The standard InChI is InChI=1S/C15H14ClNO3/c1-19-14-11(4-3-5-12(14)15(18)20-2)13-7-6-10(8-16)9-17-13/h3-7,9H,8H2,1-2H3. The Labute approximate surface area is 122 Å². The van der Waals surface area contributed by atoms with Crippen LogP contribution in [-0.4, -0.2) is 25.2 Å². The van der Waals surface area contributed by atoms with Crippen LogP contribution in [0.25, 0.3) is 11.3 Å². The fraction of sp³-hybridized carbons (Fsp3) is 0.200. The van der Waals surface area contributed by atoms with Gasteiger partial charge in [-0.15, -0.1) is 11.6 Å². The van der Waals surface area contributed by atoms with Crippen molar-refractivity contribution in [1.82, 2.24) is 4.98 Å². The van der Waals surface area contributed by atoms with Crippen LogP contribution >= 0.6 is 11.6 Å². The third-order valence-corrected chi connectivity index (χ3v) is 3.19. The number of benzene rings is 1. The van der Waals surface area contributed by atoms with Crippen molar-refractivity contribution in [2.24, 2.45) is 0 Å². The minimum Gasteiger partial charge on any atom is -0.495 e. The lowest BCUT2D eigenvalue weighted by molar-refractivity contribution is 0.0597. The van der Waals surface area contributed by atoms with Crippen molar-refractivity contribution < 1.29 is 14.3 Å². The van der Waals surface area contributed by atoms with Crippen LogP contribution in [0.1, 0.15) is 15.9 Å². The third-order valence-electron chi connectivity index (χ3n) is 2.88. The Balaban J connectivity index is 2.52. The van der Waals surface area contributed by atoms with Gasteiger partial charge in [0, 0.05) is 17.6 Å². The second kappa shape index (κ2) is 6.39. The number of carbonyl (C=O) groups excluding carboxylic acids is 1. The van der Waals surface area contributed by atoms with Crippen LogP contribution in [0.4, 0.5) is 0 Å². The molecule has 0 aliphatic carbocycles. The van der Waals surface area contributed by atoms with Crippen LogP contribution in [0.5, 0.6) is 5.75 Å². The monoisotopic (exact) mass is 291 g/mol. The van der Waals surface area contributed by atoms with E-state index in [1.165, 1.54) is 14.2 Å². The number of halogens is 1. The molecule has 0 atom stereocenters. The smallest absolute Gasteiger partial charge is 0.341 e. The average molecular weight is 292 g/mol. The summed E-state index contributed by atoms with van der Waals surface area (Å²) < 4.78 is 10.1. The number of ether oxygens (including phenoxy) is 2. The van der Waals surface area contributed by atoms with Gasteiger partial charge in [0.05, 0.1) is 19.9 Å². The van der Waals surface area contributed by atoms with Crippen molar-refractivity contribution in [3.05, 3.63) is 47.7 Å². The zero-order chi connectivity index (χ0) is 14.5. The summed E-state index contributed by atoms with van der Waals surface area (Å²) in [4.78, 5) is 16.1. The molecule has 1 heterocycles. The summed E-state index contributed by atoms with van der Waals surface area (Å²) in [5, 5.41) is 0. The van der Waals surface area contributed by atoms with E-state index in [0.717, 1.165) is 11.1 Å². The molecule has 0 bridgehead atoms. The Morgan fingerprint density at radius 2 is 2.05 bits per heavy atom. The van der Waals surface area contributed by atoms with Gasteiger partial charge < -0.3 is 9.47 Å². The maximum absolute atomic E-state index is 11.7. The van der Waals surface area contributed by atoms with Gasteiger partial charge in [0.1, 0.15) is 11.3 Å².